The van der Waals surface area contributed by atoms with Gasteiger partial charge in [0.15, 0.2) is 0 Å². The summed E-state index contributed by atoms with van der Waals surface area (Å²) in [5.74, 6) is -1.36. The maximum absolute atomic E-state index is 12.7. The first kappa shape index (κ1) is 10.3. The first-order chi connectivity index (χ1) is 5.64. The van der Waals surface area contributed by atoms with Crippen LogP contribution in [0, 0.1) is 6.92 Å². The van der Waals surface area contributed by atoms with Crippen LogP contribution in [0.2, 0.25) is 0 Å². The van der Waals surface area contributed by atoms with Crippen molar-refractivity contribution in [2.24, 2.45) is 0 Å². The van der Waals surface area contributed by atoms with Crippen LogP contribution in [0.4, 0.5) is 8.78 Å². The molecule has 0 atom stereocenters. The van der Waals surface area contributed by atoms with E-state index in [1.807, 2.05) is 0 Å². The Morgan fingerprint density at radius 3 is 2.42 bits per heavy atom. The van der Waals surface area contributed by atoms with Gasteiger partial charge >= 0.3 is 0 Å². The molecule has 3 heteroatoms. The fourth-order valence-electron chi connectivity index (χ4n) is 1.43. The van der Waals surface area contributed by atoms with Crippen LogP contribution < -0.4 is 0 Å². The van der Waals surface area contributed by atoms with Gasteiger partial charge in [0, 0.05) is 18.1 Å². The standard InChI is InChI=1S/C9H15F2S/c1-2-7-12-8-3-5-9(10,11)6-4-8/h8H,1-7H2. The molecule has 0 aliphatic heterocycles. The summed E-state index contributed by atoms with van der Waals surface area (Å²) in [4.78, 5) is 0. The third-order valence-corrected chi connectivity index (χ3v) is 3.63. The molecular weight excluding hydrogens is 178 g/mol. The maximum atomic E-state index is 12.7. The zero-order chi connectivity index (χ0) is 9.03. The van der Waals surface area contributed by atoms with Gasteiger partial charge in [-0.3, -0.25) is 0 Å². The number of halogens is 2. The van der Waals surface area contributed by atoms with Crippen LogP contribution >= 0.6 is 11.8 Å². The van der Waals surface area contributed by atoms with Crippen molar-refractivity contribution in [3.63, 3.8) is 0 Å². The molecule has 0 unspecified atom stereocenters. The lowest BCUT2D eigenvalue weighted by molar-refractivity contribution is -0.0323. The predicted molar refractivity (Wildman–Crippen MR) is 49.6 cm³/mol. The lowest BCUT2D eigenvalue weighted by Gasteiger charge is -2.27. The molecule has 0 aromatic carbocycles. The molecule has 0 saturated heterocycles. The Morgan fingerprint density at radius 2 is 1.92 bits per heavy atom. The lowest BCUT2D eigenvalue weighted by Crippen LogP contribution is -2.25. The Balaban J connectivity index is 2.18. The minimum atomic E-state index is -2.37. The number of hydrogen-bond donors (Lipinski definition) is 0. The highest BCUT2D eigenvalue weighted by molar-refractivity contribution is 7.99. The fourth-order valence-corrected chi connectivity index (χ4v) is 2.50. The summed E-state index contributed by atoms with van der Waals surface area (Å²) in [5.41, 5.74) is 0. The van der Waals surface area contributed by atoms with E-state index < -0.39 is 5.92 Å². The van der Waals surface area contributed by atoms with E-state index in [1.54, 1.807) is 11.8 Å². The third-order valence-electron chi connectivity index (χ3n) is 2.16. The van der Waals surface area contributed by atoms with E-state index in [4.69, 9.17) is 0 Å². The normalized spacial score (nSPS) is 24.2. The highest BCUT2D eigenvalue weighted by Gasteiger charge is 2.34. The first-order valence-electron chi connectivity index (χ1n) is 4.43. The van der Waals surface area contributed by atoms with Gasteiger partial charge in [-0.25, -0.2) is 8.78 Å². The van der Waals surface area contributed by atoms with Gasteiger partial charge in [0.1, 0.15) is 0 Å². The quantitative estimate of drug-likeness (QED) is 0.660. The zero-order valence-corrected chi connectivity index (χ0v) is 8.01. The number of rotatable bonds is 3. The van der Waals surface area contributed by atoms with E-state index in [9.17, 15) is 8.78 Å². The highest BCUT2D eigenvalue weighted by atomic mass is 32.2. The molecular formula is C9H15F2S. The molecule has 12 heavy (non-hydrogen) atoms. The lowest BCUT2D eigenvalue weighted by atomic mass is 9.96. The monoisotopic (exact) mass is 193 g/mol. The molecule has 1 rings (SSSR count). The van der Waals surface area contributed by atoms with Crippen LogP contribution in [0.5, 0.6) is 0 Å². The SMILES string of the molecule is [CH2]CCSC1CCC(F)(F)CC1. The third kappa shape index (κ3) is 3.30. The van der Waals surface area contributed by atoms with Crippen LogP contribution in [-0.2, 0) is 0 Å². The molecule has 1 fully saturated rings. The second-order valence-electron chi connectivity index (χ2n) is 3.28. The van der Waals surface area contributed by atoms with E-state index in [2.05, 4.69) is 6.92 Å². The van der Waals surface area contributed by atoms with Gasteiger partial charge in [-0.15, -0.1) is 0 Å². The van der Waals surface area contributed by atoms with E-state index >= 15 is 0 Å². The van der Waals surface area contributed by atoms with Crippen LogP contribution in [0.15, 0.2) is 0 Å². The maximum Gasteiger partial charge on any atom is 0.248 e. The molecule has 1 saturated carbocycles. The molecule has 71 valence electrons. The Morgan fingerprint density at radius 1 is 1.33 bits per heavy atom. The summed E-state index contributed by atoms with van der Waals surface area (Å²) in [6.45, 7) is 3.73. The summed E-state index contributed by atoms with van der Waals surface area (Å²) < 4.78 is 25.4. The van der Waals surface area contributed by atoms with Crippen LogP contribution in [0.1, 0.15) is 32.1 Å². The van der Waals surface area contributed by atoms with Gasteiger partial charge in [-0.05, 0) is 25.0 Å². The van der Waals surface area contributed by atoms with E-state index in [-0.39, 0.29) is 12.8 Å². The fraction of sp³-hybridized carbons (Fsp3) is 0.889. The van der Waals surface area contributed by atoms with E-state index in [0.29, 0.717) is 18.1 Å². The van der Waals surface area contributed by atoms with Gasteiger partial charge in [-0.1, -0.05) is 6.92 Å². The van der Waals surface area contributed by atoms with Gasteiger partial charge in [0.2, 0.25) is 5.92 Å². The summed E-state index contributed by atoms with van der Waals surface area (Å²) in [6, 6.07) is 0. The Hall–Kier alpha value is 0.210. The van der Waals surface area contributed by atoms with E-state index in [1.165, 1.54) is 0 Å². The summed E-state index contributed by atoms with van der Waals surface area (Å²) >= 11 is 1.80. The predicted octanol–water partition coefficient (Wildman–Crippen LogP) is 3.52. The van der Waals surface area contributed by atoms with E-state index in [0.717, 1.165) is 12.2 Å². The van der Waals surface area contributed by atoms with Crippen molar-refractivity contribution >= 4 is 11.8 Å². The average molecular weight is 193 g/mol. The van der Waals surface area contributed by atoms with Gasteiger partial charge < -0.3 is 0 Å². The van der Waals surface area contributed by atoms with Gasteiger partial charge in [-0.2, -0.15) is 11.8 Å². The minimum absolute atomic E-state index is 0.0851. The van der Waals surface area contributed by atoms with Crippen molar-refractivity contribution in [3.05, 3.63) is 6.92 Å². The molecule has 0 nitrogen and oxygen atoms in total. The van der Waals surface area contributed by atoms with Crippen molar-refractivity contribution in [2.45, 2.75) is 43.3 Å². The average Bonchev–Trinajstić information content (AvgIpc) is 2.03. The molecule has 1 aliphatic rings. The molecule has 0 amide bonds. The van der Waals surface area contributed by atoms with Crippen molar-refractivity contribution < 1.29 is 8.78 Å². The molecule has 1 radical (unpaired) electrons. The highest BCUT2D eigenvalue weighted by Crippen LogP contribution is 2.37. The molecule has 0 spiro atoms. The summed E-state index contributed by atoms with van der Waals surface area (Å²) in [5, 5.41) is 0.464. The summed E-state index contributed by atoms with van der Waals surface area (Å²) in [6.07, 6.45) is 2.43. The largest absolute Gasteiger partial charge is 0.248 e. The molecule has 0 aromatic rings. The smallest absolute Gasteiger partial charge is 0.207 e. The van der Waals surface area contributed by atoms with Crippen molar-refractivity contribution in [1.82, 2.24) is 0 Å². The Bertz CT molecular complexity index is 126. The first-order valence-corrected chi connectivity index (χ1v) is 5.47. The molecule has 0 heterocycles. The van der Waals surface area contributed by atoms with Crippen molar-refractivity contribution in [3.8, 4) is 0 Å². The van der Waals surface area contributed by atoms with Gasteiger partial charge in [0.05, 0.1) is 0 Å². The van der Waals surface area contributed by atoms with Crippen molar-refractivity contribution in [1.29, 1.82) is 0 Å². The Labute approximate surface area is 77.1 Å². The van der Waals surface area contributed by atoms with Gasteiger partial charge in [0.25, 0.3) is 0 Å². The number of hydrogen-bond acceptors (Lipinski definition) is 1. The van der Waals surface area contributed by atoms with Crippen molar-refractivity contribution in [2.75, 3.05) is 5.75 Å². The molecule has 0 aromatic heterocycles. The molecule has 0 bridgehead atoms. The van der Waals surface area contributed by atoms with Crippen LogP contribution in [0.3, 0.4) is 0 Å². The summed E-state index contributed by atoms with van der Waals surface area (Å²) in [7, 11) is 0. The van der Waals surface area contributed by atoms with Crippen LogP contribution in [-0.4, -0.2) is 16.9 Å². The number of thioether (sulfide) groups is 1. The minimum Gasteiger partial charge on any atom is -0.207 e. The second-order valence-corrected chi connectivity index (χ2v) is 4.69. The molecule has 0 N–H and O–H groups in total. The second kappa shape index (κ2) is 4.45. The topological polar surface area (TPSA) is 0 Å². The zero-order valence-electron chi connectivity index (χ0n) is 7.19. The number of alkyl halides is 2. The molecule has 1 aliphatic carbocycles. The van der Waals surface area contributed by atoms with Crippen LogP contribution in [0.25, 0.3) is 0 Å². The Kier molecular flexibility index (Phi) is 3.81.